The van der Waals surface area contributed by atoms with Gasteiger partial charge in [-0.2, -0.15) is 0 Å². The molecule has 4 rings (SSSR count). The lowest BCUT2D eigenvalue weighted by Crippen LogP contribution is -2.44. The average Bonchev–Trinajstić information content (AvgIpc) is 3.37. The van der Waals surface area contributed by atoms with Crippen LogP contribution in [0.2, 0.25) is 0 Å². The first-order valence-electron chi connectivity index (χ1n) is 10.3. The predicted molar refractivity (Wildman–Crippen MR) is 116 cm³/mol. The molecule has 1 fully saturated rings. The van der Waals surface area contributed by atoms with E-state index in [0.717, 1.165) is 16.0 Å². The molecule has 1 saturated heterocycles. The van der Waals surface area contributed by atoms with Gasteiger partial charge < -0.3 is 14.6 Å². The molecule has 1 N–H and O–H groups in total. The first-order valence-corrected chi connectivity index (χ1v) is 10.3. The Hall–Kier alpha value is -3.94. The summed E-state index contributed by atoms with van der Waals surface area (Å²) in [4.78, 5) is 45.7. The summed E-state index contributed by atoms with van der Waals surface area (Å²) in [5.41, 5.74) is 1.32. The summed E-state index contributed by atoms with van der Waals surface area (Å²) in [5, 5.41) is 2.74. The fourth-order valence-corrected chi connectivity index (χ4v) is 3.69. The van der Waals surface area contributed by atoms with Gasteiger partial charge in [-0.05, 0) is 43.2 Å². The number of hydrogen-bond donors (Lipinski definition) is 1. The van der Waals surface area contributed by atoms with Crippen LogP contribution in [-0.2, 0) is 28.2 Å². The lowest BCUT2D eigenvalue weighted by atomic mass is 9.91. The number of urea groups is 1. The van der Waals surface area contributed by atoms with Gasteiger partial charge in [-0.3, -0.25) is 19.5 Å². The monoisotopic (exact) mass is 432 g/mol. The lowest BCUT2D eigenvalue weighted by Gasteiger charge is -2.25. The van der Waals surface area contributed by atoms with Crippen molar-refractivity contribution >= 4 is 17.8 Å². The summed E-state index contributed by atoms with van der Waals surface area (Å²) in [5.74, 6) is -0.232. The number of amides is 4. The van der Waals surface area contributed by atoms with E-state index in [9.17, 15) is 14.4 Å². The molecule has 1 unspecified atom stereocenters. The summed E-state index contributed by atoms with van der Waals surface area (Å²) in [6.07, 6.45) is 4.86. The second-order valence-corrected chi connectivity index (χ2v) is 8.00. The van der Waals surface area contributed by atoms with E-state index in [1.807, 2.05) is 37.3 Å². The normalized spacial score (nSPS) is 18.0. The molecule has 1 atom stereocenters. The maximum atomic E-state index is 13.2. The number of rotatable bonds is 7. The van der Waals surface area contributed by atoms with Gasteiger partial charge in [-0.15, -0.1) is 0 Å². The van der Waals surface area contributed by atoms with Crippen LogP contribution < -0.4 is 5.32 Å². The first kappa shape index (κ1) is 21.3. The second-order valence-electron chi connectivity index (χ2n) is 8.00. The van der Waals surface area contributed by atoms with E-state index in [4.69, 9.17) is 4.42 Å². The van der Waals surface area contributed by atoms with Crippen LogP contribution in [0.3, 0.4) is 0 Å². The van der Waals surface area contributed by atoms with Crippen LogP contribution in [0.5, 0.6) is 0 Å². The highest BCUT2D eigenvalue weighted by Gasteiger charge is 2.49. The molecule has 32 heavy (non-hydrogen) atoms. The van der Waals surface area contributed by atoms with Crippen molar-refractivity contribution in [2.75, 3.05) is 6.54 Å². The molecule has 3 heterocycles. The van der Waals surface area contributed by atoms with Crippen LogP contribution >= 0.6 is 0 Å². The number of aromatic nitrogens is 1. The van der Waals surface area contributed by atoms with E-state index < -0.39 is 17.5 Å². The van der Waals surface area contributed by atoms with Gasteiger partial charge in [0, 0.05) is 18.9 Å². The number of furan rings is 1. The highest BCUT2D eigenvalue weighted by atomic mass is 16.3. The van der Waals surface area contributed by atoms with Gasteiger partial charge >= 0.3 is 6.03 Å². The Kier molecular flexibility index (Phi) is 5.77. The molecular formula is C24H24N4O4. The zero-order valence-electron chi connectivity index (χ0n) is 17.9. The highest BCUT2D eigenvalue weighted by Crippen LogP contribution is 2.29. The molecule has 0 aliphatic carbocycles. The quantitative estimate of drug-likeness (QED) is 0.579. The molecule has 164 valence electrons. The van der Waals surface area contributed by atoms with E-state index in [1.165, 1.54) is 11.2 Å². The third kappa shape index (κ3) is 4.25. The number of nitrogens with zero attached hydrogens (tertiary/aromatic N) is 3. The van der Waals surface area contributed by atoms with E-state index in [1.54, 1.807) is 37.5 Å². The number of hydrogen-bond acceptors (Lipinski definition) is 5. The molecule has 0 saturated carbocycles. The largest absolute Gasteiger partial charge is 0.467 e. The average molecular weight is 432 g/mol. The molecule has 8 heteroatoms. The van der Waals surface area contributed by atoms with Gasteiger partial charge in [-0.1, -0.05) is 35.9 Å². The van der Waals surface area contributed by atoms with Crippen molar-refractivity contribution in [2.45, 2.75) is 32.5 Å². The number of benzene rings is 1. The van der Waals surface area contributed by atoms with Crippen molar-refractivity contribution in [3.63, 3.8) is 0 Å². The van der Waals surface area contributed by atoms with Crippen molar-refractivity contribution in [1.82, 2.24) is 20.1 Å². The summed E-state index contributed by atoms with van der Waals surface area (Å²) in [6, 6.07) is 13.9. The van der Waals surface area contributed by atoms with Crippen LogP contribution in [0.25, 0.3) is 0 Å². The van der Waals surface area contributed by atoms with Crippen molar-refractivity contribution < 1.29 is 18.8 Å². The van der Waals surface area contributed by atoms with Gasteiger partial charge in [0.05, 0.1) is 12.8 Å². The Balaban J connectivity index is 1.53. The van der Waals surface area contributed by atoms with Crippen molar-refractivity contribution in [2.24, 2.45) is 0 Å². The molecule has 1 aliphatic rings. The van der Waals surface area contributed by atoms with Crippen molar-refractivity contribution in [3.8, 4) is 0 Å². The summed E-state index contributed by atoms with van der Waals surface area (Å²) >= 11 is 0. The van der Waals surface area contributed by atoms with Gasteiger partial charge in [0.2, 0.25) is 5.91 Å². The maximum absolute atomic E-state index is 13.2. The van der Waals surface area contributed by atoms with E-state index in [-0.39, 0.29) is 25.5 Å². The Morgan fingerprint density at radius 1 is 1.12 bits per heavy atom. The summed E-state index contributed by atoms with van der Waals surface area (Å²) < 4.78 is 5.40. The standard InChI is InChI=1S/C24H24N4O4/c1-17-7-9-19(10-8-17)24(2)22(30)28(23(31)26-24)16-21(29)27(15-20-6-4-12-32-20)14-18-5-3-11-25-13-18/h3-13H,14-16H2,1-2H3,(H,26,31). The molecule has 4 amide bonds. The molecule has 2 aromatic heterocycles. The molecule has 0 bridgehead atoms. The fourth-order valence-electron chi connectivity index (χ4n) is 3.69. The predicted octanol–water partition coefficient (Wildman–Crippen LogP) is 2.98. The molecule has 1 aliphatic heterocycles. The summed E-state index contributed by atoms with van der Waals surface area (Å²) in [7, 11) is 0. The molecular weight excluding hydrogens is 408 g/mol. The fraction of sp³-hybridized carbons (Fsp3) is 0.250. The number of carbonyl (C=O) groups is 3. The zero-order chi connectivity index (χ0) is 22.7. The molecule has 0 radical (unpaired) electrons. The third-order valence-corrected chi connectivity index (χ3v) is 5.57. The van der Waals surface area contributed by atoms with Crippen LogP contribution in [0.4, 0.5) is 4.79 Å². The first-order chi connectivity index (χ1) is 15.4. The summed E-state index contributed by atoms with van der Waals surface area (Å²) in [6.45, 7) is 3.71. The van der Waals surface area contributed by atoms with Crippen LogP contribution in [0.1, 0.15) is 29.4 Å². The number of imide groups is 1. The van der Waals surface area contributed by atoms with E-state index in [0.29, 0.717) is 11.3 Å². The van der Waals surface area contributed by atoms with E-state index in [2.05, 4.69) is 10.3 Å². The van der Waals surface area contributed by atoms with Crippen LogP contribution in [0, 0.1) is 6.92 Å². The second kappa shape index (κ2) is 8.66. The number of carbonyl (C=O) groups excluding carboxylic acids is 3. The molecule has 8 nitrogen and oxygen atoms in total. The third-order valence-electron chi connectivity index (χ3n) is 5.57. The van der Waals surface area contributed by atoms with E-state index >= 15 is 0 Å². The topological polar surface area (TPSA) is 95.8 Å². The van der Waals surface area contributed by atoms with Crippen molar-refractivity contribution in [1.29, 1.82) is 0 Å². The van der Waals surface area contributed by atoms with Gasteiger partial charge in [0.25, 0.3) is 5.91 Å². The number of nitrogens with one attached hydrogen (secondary N) is 1. The molecule has 3 aromatic rings. The Labute approximate surface area is 185 Å². The van der Waals surface area contributed by atoms with Gasteiger partial charge in [0.1, 0.15) is 17.8 Å². The minimum Gasteiger partial charge on any atom is -0.467 e. The molecule has 1 aromatic carbocycles. The minimum absolute atomic E-state index is 0.208. The SMILES string of the molecule is Cc1ccc(C2(C)NC(=O)N(CC(=O)N(Cc3cccnc3)Cc3ccco3)C2=O)cc1. The number of pyridine rings is 1. The maximum Gasteiger partial charge on any atom is 0.325 e. The lowest BCUT2D eigenvalue weighted by molar-refractivity contribution is -0.139. The Bertz CT molecular complexity index is 1110. The Morgan fingerprint density at radius 2 is 1.91 bits per heavy atom. The Morgan fingerprint density at radius 3 is 2.56 bits per heavy atom. The zero-order valence-corrected chi connectivity index (χ0v) is 17.9. The molecule has 0 spiro atoms. The minimum atomic E-state index is -1.22. The van der Waals surface area contributed by atoms with Crippen LogP contribution in [0.15, 0.2) is 71.6 Å². The van der Waals surface area contributed by atoms with Crippen molar-refractivity contribution in [3.05, 3.63) is 89.6 Å². The van der Waals surface area contributed by atoms with Gasteiger partial charge in [0.15, 0.2) is 0 Å². The van der Waals surface area contributed by atoms with Crippen LogP contribution in [-0.4, -0.2) is 39.2 Å². The van der Waals surface area contributed by atoms with Gasteiger partial charge in [-0.25, -0.2) is 4.79 Å². The number of aryl methyl sites for hydroxylation is 1. The smallest absolute Gasteiger partial charge is 0.325 e. The highest BCUT2D eigenvalue weighted by molar-refractivity contribution is 6.09.